The van der Waals surface area contributed by atoms with Gasteiger partial charge in [-0.25, -0.2) is 9.96 Å². The number of amides is 2. The maximum atomic E-state index is 13.5. The number of hydrogen-bond donors (Lipinski definition) is 0. The van der Waals surface area contributed by atoms with Crippen LogP contribution >= 0.6 is 0 Å². The minimum Gasteiger partial charge on any atom is -0.273 e. The molecule has 0 unspecified atom stereocenters. The number of imide groups is 1. The Kier molecular flexibility index (Phi) is 4.48. The average molecular weight is 415 g/mol. The number of carbonyl (C=O) groups is 2. The fraction of sp³-hybridized carbons (Fsp3) is 0.130. The lowest BCUT2D eigenvalue weighted by molar-refractivity contribution is -0.384. The molecule has 0 radical (unpaired) electrons. The molecule has 2 saturated heterocycles. The molecule has 2 aliphatic heterocycles. The summed E-state index contributed by atoms with van der Waals surface area (Å²) in [5, 5.41) is 13.1. The third-order valence-electron chi connectivity index (χ3n) is 5.59. The highest BCUT2D eigenvalue weighted by atomic mass is 16.7. The van der Waals surface area contributed by atoms with E-state index in [2.05, 4.69) is 0 Å². The number of nitro benzene ring substituents is 1. The molecule has 0 N–H and O–H groups in total. The Morgan fingerprint density at radius 2 is 1.42 bits per heavy atom. The number of carbonyl (C=O) groups excluding carboxylic acids is 2. The second kappa shape index (κ2) is 7.33. The first kappa shape index (κ1) is 19.0. The molecule has 0 bridgehead atoms. The highest BCUT2D eigenvalue weighted by Gasteiger charge is 2.61. The van der Waals surface area contributed by atoms with E-state index >= 15 is 0 Å². The SMILES string of the molecule is O=C1[C@@H]2[C@@H](ON(c3ccccc3)[C@H]2c2ccccc2)C(=O)N1c1ccccc1[N+](=O)[O-]. The Morgan fingerprint density at radius 1 is 0.806 bits per heavy atom. The molecule has 2 aliphatic rings. The van der Waals surface area contributed by atoms with Crippen LogP contribution in [0.15, 0.2) is 84.9 Å². The molecule has 0 aromatic heterocycles. The van der Waals surface area contributed by atoms with Crippen LogP contribution in [0.4, 0.5) is 17.1 Å². The quantitative estimate of drug-likeness (QED) is 0.367. The van der Waals surface area contributed by atoms with E-state index < -0.39 is 34.8 Å². The predicted octanol–water partition coefficient (Wildman–Crippen LogP) is 3.65. The lowest BCUT2D eigenvalue weighted by Crippen LogP contribution is -2.37. The zero-order valence-electron chi connectivity index (χ0n) is 16.2. The van der Waals surface area contributed by atoms with Crippen LogP contribution in [-0.4, -0.2) is 22.8 Å². The van der Waals surface area contributed by atoms with Gasteiger partial charge in [-0.2, -0.15) is 0 Å². The van der Waals surface area contributed by atoms with Crippen molar-refractivity contribution in [1.82, 2.24) is 0 Å². The molecule has 3 atom stereocenters. The van der Waals surface area contributed by atoms with Gasteiger partial charge in [0.2, 0.25) is 5.91 Å². The Bertz CT molecular complexity index is 1170. The van der Waals surface area contributed by atoms with E-state index in [-0.39, 0.29) is 11.4 Å². The van der Waals surface area contributed by atoms with Crippen molar-refractivity contribution in [3.05, 3.63) is 101 Å². The number of fused-ring (bicyclic) bond motifs is 1. The van der Waals surface area contributed by atoms with Crippen LogP contribution in [-0.2, 0) is 14.4 Å². The van der Waals surface area contributed by atoms with Gasteiger partial charge in [0.15, 0.2) is 6.10 Å². The second-order valence-electron chi connectivity index (χ2n) is 7.33. The molecule has 2 fully saturated rings. The molecular weight excluding hydrogens is 398 g/mol. The van der Waals surface area contributed by atoms with Crippen molar-refractivity contribution in [2.45, 2.75) is 12.1 Å². The number of para-hydroxylation sites is 3. The number of nitro groups is 1. The minimum absolute atomic E-state index is 0.0430. The number of anilines is 2. The van der Waals surface area contributed by atoms with Gasteiger partial charge in [0.1, 0.15) is 11.6 Å². The van der Waals surface area contributed by atoms with Gasteiger partial charge in [0, 0.05) is 6.07 Å². The summed E-state index contributed by atoms with van der Waals surface area (Å²) in [6, 6.07) is 23.7. The largest absolute Gasteiger partial charge is 0.293 e. The highest BCUT2D eigenvalue weighted by molar-refractivity contribution is 6.24. The van der Waals surface area contributed by atoms with Gasteiger partial charge in [0.25, 0.3) is 11.6 Å². The maximum absolute atomic E-state index is 13.5. The lowest BCUT2D eigenvalue weighted by Gasteiger charge is -2.28. The van der Waals surface area contributed by atoms with Crippen LogP contribution in [0.3, 0.4) is 0 Å². The number of nitrogens with zero attached hydrogens (tertiary/aromatic N) is 3. The smallest absolute Gasteiger partial charge is 0.273 e. The van der Waals surface area contributed by atoms with Crippen molar-refractivity contribution in [2.24, 2.45) is 5.92 Å². The van der Waals surface area contributed by atoms with Crippen molar-refractivity contribution < 1.29 is 19.3 Å². The van der Waals surface area contributed by atoms with Crippen molar-refractivity contribution in [2.75, 3.05) is 9.96 Å². The molecule has 0 spiro atoms. The van der Waals surface area contributed by atoms with E-state index in [4.69, 9.17) is 4.84 Å². The summed E-state index contributed by atoms with van der Waals surface area (Å²) in [6.07, 6.45) is -1.07. The van der Waals surface area contributed by atoms with Gasteiger partial charge >= 0.3 is 0 Å². The van der Waals surface area contributed by atoms with E-state index in [0.717, 1.165) is 10.5 Å². The number of rotatable bonds is 4. The third-order valence-corrected chi connectivity index (χ3v) is 5.59. The van der Waals surface area contributed by atoms with Crippen LogP contribution < -0.4 is 9.96 Å². The molecule has 154 valence electrons. The summed E-state index contributed by atoms with van der Waals surface area (Å²) in [4.78, 5) is 44.6. The molecule has 0 saturated carbocycles. The van der Waals surface area contributed by atoms with Crippen molar-refractivity contribution >= 4 is 28.9 Å². The van der Waals surface area contributed by atoms with Crippen LogP contribution in [0.25, 0.3) is 0 Å². The normalized spacial score (nSPS) is 22.6. The van der Waals surface area contributed by atoms with Gasteiger partial charge in [-0.1, -0.05) is 60.7 Å². The Balaban J connectivity index is 1.60. The first-order valence-electron chi connectivity index (χ1n) is 9.75. The van der Waals surface area contributed by atoms with E-state index in [9.17, 15) is 19.7 Å². The Labute approximate surface area is 177 Å². The first-order chi connectivity index (χ1) is 15.1. The molecule has 8 nitrogen and oxygen atoms in total. The first-order valence-corrected chi connectivity index (χ1v) is 9.75. The maximum Gasteiger partial charge on any atom is 0.293 e. The molecular formula is C23H17N3O5. The number of hydrogen-bond acceptors (Lipinski definition) is 6. The topological polar surface area (TPSA) is 93.0 Å². The Morgan fingerprint density at radius 3 is 2.10 bits per heavy atom. The fourth-order valence-corrected chi connectivity index (χ4v) is 4.25. The average Bonchev–Trinajstić information content (AvgIpc) is 3.31. The summed E-state index contributed by atoms with van der Waals surface area (Å²) in [6.45, 7) is 0. The Hall–Kier alpha value is -4.04. The summed E-state index contributed by atoms with van der Waals surface area (Å²) in [5.41, 5.74) is 1.17. The van der Waals surface area contributed by atoms with Gasteiger partial charge < -0.3 is 0 Å². The standard InChI is InChI=1S/C23H17N3O5/c27-22-19-20(15-9-3-1-4-10-15)25(16-11-5-2-6-12-16)31-21(19)23(28)24(22)17-13-7-8-14-18(17)26(29)30/h1-14,19-21H/t19-,20-,21+/m0/s1. The molecule has 2 amide bonds. The predicted molar refractivity (Wildman–Crippen MR) is 112 cm³/mol. The van der Waals surface area contributed by atoms with Crippen LogP contribution in [0.1, 0.15) is 11.6 Å². The third kappa shape index (κ3) is 2.96. The van der Waals surface area contributed by atoms with E-state index in [1.807, 2.05) is 60.7 Å². The van der Waals surface area contributed by atoms with Crippen molar-refractivity contribution in [1.29, 1.82) is 0 Å². The second-order valence-corrected chi connectivity index (χ2v) is 7.33. The molecule has 2 heterocycles. The molecule has 0 aliphatic carbocycles. The minimum atomic E-state index is -1.07. The van der Waals surface area contributed by atoms with Gasteiger partial charge in [-0.15, -0.1) is 0 Å². The van der Waals surface area contributed by atoms with Gasteiger partial charge in [0.05, 0.1) is 16.7 Å². The lowest BCUT2D eigenvalue weighted by atomic mass is 9.90. The molecule has 3 aromatic carbocycles. The zero-order valence-corrected chi connectivity index (χ0v) is 16.2. The van der Waals surface area contributed by atoms with Gasteiger partial charge in [-0.05, 0) is 23.8 Å². The zero-order chi connectivity index (χ0) is 21.5. The van der Waals surface area contributed by atoms with Gasteiger partial charge in [-0.3, -0.25) is 24.5 Å². The number of benzene rings is 3. The monoisotopic (exact) mass is 415 g/mol. The van der Waals surface area contributed by atoms with E-state index in [1.165, 1.54) is 18.2 Å². The van der Waals surface area contributed by atoms with Crippen molar-refractivity contribution in [3.63, 3.8) is 0 Å². The van der Waals surface area contributed by atoms with Crippen LogP contribution in [0.5, 0.6) is 0 Å². The van der Waals surface area contributed by atoms with Crippen LogP contribution in [0.2, 0.25) is 0 Å². The number of hydroxylamine groups is 1. The van der Waals surface area contributed by atoms with E-state index in [0.29, 0.717) is 5.69 Å². The molecule has 31 heavy (non-hydrogen) atoms. The summed E-state index contributed by atoms with van der Waals surface area (Å²) >= 11 is 0. The molecule has 3 aromatic rings. The van der Waals surface area contributed by atoms with E-state index in [1.54, 1.807) is 11.1 Å². The fourth-order valence-electron chi connectivity index (χ4n) is 4.25. The summed E-state index contributed by atoms with van der Waals surface area (Å²) in [5.74, 6) is -1.96. The highest BCUT2D eigenvalue weighted by Crippen LogP contribution is 2.48. The summed E-state index contributed by atoms with van der Waals surface area (Å²) in [7, 11) is 0. The molecule has 5 rings (SSSR count). The van der Waals surface area contributed by atoms with Crippen molar-refractivity contribution in [3.8, 4) is 0 Å². The summed E-state index contributed by atoms with van der Waals surface area (Å²) < 4.78 is 0. The van der Waals surface area contributed by atoms with Crippen LogP contribution in [0, 0.1) is 16.0 Å². The molecule has 8 heteroatoms.